The number of carboxylic acids is 2. The predicted molar refractivity (Wildman–Crippen MR) is 394 cm³/mol. The lowest BCUT2D eigenvalue weighted by Crippen LogP contribution is -2.62. The number of alkyl carbamates (subject to hydrolysis) is 2. The second kappa shape index (κ2) is 36.8. The number of anilines is 1. The minimum absolute atomic E-state index is 0.119. The van der Waals surface area contributed by atoms with E-state index in [0.29, 0.717) is 106 Å². The predicted octanol–water partition coefficient (Wildman–Crippen LogP) is 9.85. The van der Waals surface area contributed by atoms with Crippen LogP contribution in [0.3, 0.4) is 0 Å². The Balaban J connectivity index is 1.16. The number of nitrogens with one attached hydrogen (secondary N) is 4. The molecule has 3 saturated heterocycles. The van der Waals surface area contributed by atoms with Gasteiger partial charge in [-0.05, 0) is 125 Å². The van der Waals surface area contributed by atoms with Gasteiger partial charge in [-0.3, -0.25) is 39.3 Å². The lowest BCUT2D eigenvalue weighted by atomic mass is 9.77. The van der Waals surface area contributed by atoms with Crippen molar-refractivity contribution in [1.29, 1.82) is 0 Å². The highest BCUT2D eigenvalue weighted by molar-refractivity contribution is 7.46. The smallest absolute Gasteiger partial charge is 0.480 e. The summed E-state index contributed by atoms with van der Waals surface area (Å²) in [5.74, 6) is -8.08. The third-order valence-corrected chi connectivity index (χ3v) is 21.1. The number of hydrazine groups is 1. The molecule has 3 fully saturated rings. The molecule has 7 atom stereocenters. The van der Waals surface area contributed by atoms with E-state index in [1.54, 1.807) is 5.32 Å². The highest BCUT2D eigenvalue weighted by Gasteiger charge is 2.58. The summed E-state index contributed by atoms with van der Waals surface area (Å²) in [4.78, 5) is 145. The molecule has 2 bridgehead atoms. The molecule has 0 aliphatic carbocycles. The van der Waals surface area contributed by atoms with Crippen molar-refractivity contribution in [3.63, 3.8) is 0 Å². The quantitative estimate of drug-likeness (QED) is 0.00474. The molecule has 40 heteroatoms. The number of Topliss-reactive ketones (excluding diaryl/α,β-unsaturated/α-hetero) is 1. The van der Waals surface area contributed by atoms with E-state index in [2.05, 4.69) is 56.9 Å². The van der Waals surface area contributed by atoms with Crippen LogP contribution >= 0.6 is 7.82 Å². The SMILES string of the molecule is COC(=O)N[C@H](C(=O)C[C@@H](Cc1ccc(C#Cc2cnc(N3CC4CCC(C3)N4C3COC3)nc2)cc1)[C@H](CN(Cc1c(F)cc(-c2ccn(C(F)F)n2)cc1F)NC(=O)[C@@H](NC(=O)OC)C(C)(C)C(F)(F)F)OC(=O)CC(C)(C)c1c(CC(=O)N[C@@H](Cc2ccc(C(=O)O)cc2)C(=O)O)cc(C)cc1OP(=O)(O)O)C(C)(C)C(F)(F)F. The number of aliphatic carboxylic acids is 1. The van der Waals surface area contributed by atoms with Gasteiger partial charge in [0.25, 0.3) is 5.91 Å². The van der Waals surface area contributed by atoms with Gasteiger partial charge in [0.1, 0.15) is 41.6 Å². The van der Waals surface area contributed by atoms with Crippen LogP contribution in [0, 0.1) is 47.1 Å². The normalized spacial score (nSPS) is 16.8. The van der Waals surface area contributed by atoms with Crippen LogP contribution in [0.15, 0.2) is 97.5 Å². The van der Waals surface area contributed by atoms with Gasteiger partial charge in [0.05, 0.1) is 80.5 Å². The zero-order valence-electron chi connectivity index (χ0n) is 64.5. The Morgan fingerprint density at radius 2 is 1.28 bits per heavy atom. The number of carboxylic acid groups (broad SMARTS) is 2. The highest BCUT2D eigenvalue weighted by Crippen LogP contribution is 2.47. The molecule has 3 aliphatic rings. The van der Waals surface area contributed by atoms with Crippen molar-refractivity contribution in [3.8, 4) is 28.8 Å². The number of carbonyl (C=O) groups excluding carboxylic acids is 6. The van der Waals surface area contributed by atoms with Crippen molar-refractivity contribution in [3.05, 3.63) is 159 Å². The number of hydrogen-bond donors (Lipinski definition) is 8. The Kier molecular flexibility index (Phi) is 28.4. The number of nitrogens with zero attached hydrogens (tertiary/aromatic N) is 7. The lowest BCUT2D eigenvalue weighted by Gasteiger charge is -2.47. The molecule has 2 unspecified atom stereocenters. The standard InChI is InChI=1S/C77H86F10N11O18P/c1-41-24-49(31-61(100)90-57(68(105)106)27-44-16-18-46(19-17-44)67(103)104)63(59(25-41)116-117(109,110)111)73(2,3)32-62(101)115-60(38-96(94-66(102)65(92-72(108)113-9)75(6,7)77(85,86)87)37-53-54(78)28-47(29-55(53)79)56-22-23-97(93-56)69(80)81)48(30-58(99)64(91-71(107)112-8)74(4,5)76(82,83)84)26-43-13-10-42(11-14-43)12-15-45-33-88-70(89-34-45)95-35-50-20-21-51(36-95)98(50)52-39-114-40-52/h10-11,13-14,16-19,22-25,28-29,33-34,48,50-52,57,60,64-65,69H,20-21,26-27,30-32,35-40H2,1-9H3,(H,90,100)(H,91,107)(H,92,108)(H,94,102)(H,103,104)(H,105,106)(H2,109,110,111)/t48-,50?,51?,57+,60+,64-,65-/m1/s1. The van der Waals surface area contributed by atoms with Crippen LogP contribution in [0.2, 0.25) is 0 Å². The fourth-order valence-corrected chi connectivity index (χ4v) is 14.6. The summed E-state index contributed by atoms with van der Waals surface area (Å²) < 4.78 is 192. The number of aryl methyl sites for hydroxylation is 1. The number of piperazine rings is 1. The number of methoxy groups -OCH3 is 2. The molecule has 5 heterocycles. The summed E-state index contributed by atoms with van der Waals surface area (Å²) in [6, 6.07) is 9.00. The fourth-order valence-electron chi connectivity index (χ4n) is 14.2. The minimum atomic E-state index is -5.66. The van der Waals surface area contributed by atoms with Gasteiger partial charge in [0, 0.05) is 96.7 Å². The molecule has 4 amide bonds. The summed E-state index contributed by atoms with van der Waals surface area (Å²) in [6.45, 7) is 2.67. The Morgan fingerprint density at radius 3 is 1.80 bits per heavy atom. The Bertz CT molecular complexity index is 4730. The molecule has 6 aromatic rings. The topological polar surface area (TPSA) is 382 Å². The molecule has 632 valence electrons. The van der Waals surface area contributed by atoms with Crippen LogP contribution in [0.25, 0.3) is 11.3 Å². The van der Waals surface area contributed by atoms with Crippen LogP contribution in [-0.2, 0) is 78.7 Å². The Labute approximate surface area is 663 Å². The molecule has 0 spiro atoms. The Hall–Kier alpha value is -10.8. The zero-order chi connectivity index (χ0) is 86.2. The maximum atomic E-state index is 17.0. The summed E-state index contributed by atoms with van der Waals surface area (Å²) in [5, 5.41) is 29.8. The van der Waals surface area contributed by atoms with E-state index < -0.39 is 200 Å². The number of phosphoric acid groups is 1. The monoisotopic (exact) mass is 1670 g/mol. The number of hydrogen-bond acceptors (Lipinski definition) is 20. The van der Waals surface area contributed by atoms with Crippen molar-refractivity contribution in [1.82, 2.24) is 51.0 Å². The van der Waals surface area contributed by atoms with E-state index in [0.717, 1.165) is 45.4 Å². The van der Waals surface area contributed by atoms with E-state index >= 15 is 44.7 Å². The highest BCUT2D eigenvalue weighted by atomic mass is 31.2. The number of esters is 1. The number of aromatic carboxylic acids is 1. The fraction of sp³-hybridized carbons (Fsp3) is 0.468. The molecule has 29 nitrogen and oxygen atoms in total. The molecule has 4 aromatic carbocycles. The molecular weight excluding hydrogens is 1590 g/mol. The first-order valence-electron chi connectivity index (χ1n) is 36.3. The molecule has 9 rings (SSSR count). The average Bonchev–Trinajstić information content (AvgIpc) is 1.76. The summed E-state index contributed by atoms with van der Waals surface area (Å²) >= 11 is 0. The molecule has 2 aromatic heterocycles. The molecular formula is C77H86F10N11O18P. The minimum Gasteiger partial charge on any atom is -0.480 e. The van der Waals surface area contributed by atoms with Crippen LogP contribution in [0.4, 0.5) is 59.4 Å². The van der Waals surface area contributed by atoms with Crippen LogP contribution in [0.1, 0.15) is 129 Å². The van der Waals surface area contributed by atoms with Gasteiger partial charge in [-0.1, -0.05) is 56.0 Å². The number of ether oxygens (including phenoxy) is 4. The van der Waals surface area contributed by atoms with Gasteiger partial charge in [-0.15, -0.1) is 0 Å². The summed E-state index contributed by atoms with van der Waals surface area (Å²) in [5.41, 5.74) is -8.00. The molecule has 0 saturated carbocycles. The zero-order valence-corrected chi connectivity index (χ0v) is 65.4. The van der Waals surface area contributed by atoms with Gasteiger partial charge in [-0.25, -0.2) is 52.2 Å². The van der Waals surface area contributed by atoms with E-state index in [9.17, 15) is 62.1 Å². The first-order chi connectivity index (χ1) is 54.6. The van der Waals surface area contributed by atoms with Gasteiger partial charge in [0.15, 0.2) is 5.78 Å². The maximum Gasteiger partial charge on any atom is 0.524 e. The van der Waals surface area contributed by atoms with Gasteiger partial charge < -0.3 is 54.5 Å². The Morgan fingerprint density at radius 1 is 0.726 bits per heavy atom. The van der Waals surface area contributed by atoms with E-state index in [1.807, 2.05) is 5.32 Å². The number of alkyl halides is 8. The van der Waals surface area contributed by atoms with Crippen molar-refractivity contribution in [2.75, 3.05) is 52.0 Å². The molecule has 0 radical (unpaired) electrons. The van der Waals surface area contributed by atoms with Crippen LogP contribution in [0.5, 0.6) is 5.75 Å². The third-order valence-electron chi connectivity index (χ3n) is 20.7. The van der Waals surface area contributed by atoms with E-state index in [4.69, 9.17) is 14.0 Å². The largest absolute Gasteiger partial charge is 0.524 e. The number of fused-ring (bicyclic) bond motifs is 2. The third kappa shape index (κ3) is 22.7. The molecule has 8 N–H and O–H groups in total. The average molecular weight is 1670 g/mol. The van der Waals surface area contributed by atoms with Crippen LogP contribution < -0.4 is 30.8 Å². The number of phosphoric ester groups is 1. The lowest BCUT2D eigenvalue weighted by molar-refractivity contribution is -0.221. The van der Waals surface area contributed by atoms with Crippen molar-refractivity contribution < 1.29 is 130 Å². The maximum absolute atomic E-state index is 17.0. The van der Waals surface area contributed by atoms with Crippen molar-refractivity contribution in [2.24, 2.45) is 16.7 Å². The van der Waals surface area contributed by atoms with Gasteiger partial charge in [-0.2, -0.15) is 40.2 Å². The first-order valence-corrected chi connectivity index (χ1v) is 37.9. The molecule has 117 heavy (non-hydrogen) atoms. The van der Waals surface area contributed by atoms with Crippen molar-refractivity contribution in [2.45, 2.75) is 167 Å². The first kappa shape index (κ1) is 90.1. The number of ketones is 1. The van der Waals surface area contributed by atoms with Gasteiger partial charge in [0.2, 0.25) is 11.9 Å². The second-order valence-corrected chi connectivity index (χ2v) is 31.6. The number of amides is 4. The van der Waals surface area contributed by atoms with Crippen molar-refractivity contribution >= 4 is 61.5 Å². The van der Waals surface area contributed by atoms with Gasteiger partial charge >= 0.3 is 56.8 Å². The number of aromatic nitrogens is 4. The number of halogens is 10. The summed E-state index contributed by atoms with van der Waals surface area (Å²) in [6.07, 6.45) is -14.7. The number of benzene rings is 4. The van der Waals surface area contributed by atoms with E-state index in [1.165, 1.54) is 87.8 Å². The summed E-state index contributed by atoms with van der Waals surface area (Å²) in [7, 11) is -4.18. The second-order valence-electron chi connectivity index (χ2n) is 30.4. The van der Waals surface area contributed by atoms with Crippen LogP contribution in [-0.4, -0.2) is 199 Å². The van der Waals surface area contributed by atoms with E-state index in [-0.39, 0.29) is 38.1 Å². The number of rotatable bonds is 33. The number of carbonyl (C=O) groups is 8. The molecule has 3 aliphatic heterocycles.